The van der Waals surface area contributed by atoms with Crippen LogP contribution < -0.4 is 5.73 Å². The molecule has 1 amide bonds. The van der Waals surface area contributed by atoms with Gasteiger partial charge in [0.05, 0.1) is 5.69 Å². The van der Waals surface area contributed by atoms with E-state index < -0.39 is 5.91 Å². The quantitative estimate of drug-likeness (QED) is 0.800. The van der Waals surface area contributed by atoms with Crippen LogP contribution in [0, 0.1) is 0 Å². The first-order valence-electron chi connectivity index (χ1n) is 4.04. The third-order valence-electron chi connectivity index (χ3n) is 1.75. The zero-order chi connectivity index (χ0) is 9.84. The average Bonchev–Trinajstić information content (AvgIpc) is 2.43. The van der Waals surface area contributed by atoms with Crippen molar-refractivity contribution in [1.29, 1.82) is 0 Å². The Bertz CT molecular complexity index is 308. The maximum Gasteiger partial charge on any atom is 0.266 e. The summed E-state index contributed by atoms with van der Waals surface area (Å²) in [5.74, 6) is -0.430. The van der Waals surface area contributed by atoms with Crippen molar-refractivity contribution in [3.05, 3.63) is 17.5 Å². The summed E-state index contributed by atoms with van der Waals surface area (Å²) in [4.78, 5) is 10.9. The van der Waals surface area contributed by atoms with Crippen molar-refractivity contribution < 1.29 is 4.79 Å². The van der Waals surface area contributed by atoms with Crippen LogP contribution >= 0.6 is 15.9 Å². The van der Waals surface area contributed by atoms with Crippen molar-refractivity contribution in [2.24, 2.45) is 12.8 Å². The van der Waals surface area contributed by atoms with Gasteiger partial charge < -0.3 is 5.73 Å². The zero-order valence-corrected chi connectivity index (χ0v) is 9.04. The van der Waals surface area contributed by atoms with E-state index in [-0.39, 0.29) is 0 Å². The van der Waals surface area contributed by atoms with Gasteiger partial charge in [0.25, 0.3) is 5.91 Å². The molecule has 0 aliphatic rings. The number of rotatable bonds is 4. The van der Waals surface area contributed by atoms with Crippen LogP contribution in [0.3, 0.4) is 0 Å². The van der Waals surface area contributed by atoms with E-state index in [9.17, 15) is 4.79 Å². The molecule has 5 heteroatoms. The maximum atomic E-state index is 10.9. The lowest BCUT2D eigenvalue weighted by Gasteiger charge is -1.92. The van der Waals surface area contributed by atoms with E-state index in [2.05, 4.69) is 21.0 Å². The molecule has 0 aliphatic carbocycles. The average molecular weight is 246 g/mol. The molecular weight excluding hydrogens is 234 g/mol. The molecule has 13 heavy (non-hydrogen) atoms. The molecule has 0 fully saturated rings. The number of carbonyl (C=O) groups excluding carboxylic acids is 1. The lowest BCUT2D eigenvalue weighted by molar-refractivity contribution is 0.0991. The molecule has 0 bridgehead atoms. The molecule has 0 saturated heterocycles. The first kappa shape index (κ1) is 10.2. The Hall–Kier alpha value is -0.840. The number of alkyl halides is 1. The van der Waals surface area contributed by atoms with Crippen LogP contribution in [0.4, 0.5) is 0 Å². The van der Waals surface area contributed by atoms with E-state index >= 15 is 0 Å². The van der Waals surface area contributed by atoms with Crippen LogP contribution in [-0.4, -0.2) is 21.0 Å². The van der Waals surface area contributed by atoms with Gasteiger partial charge >= 0.3 is 0 Å². The zero-order valence-electron chi connectivity index (χ0n) is 7.46. The summed E-state index contributed by atoms with van der Waals surface area (Å²) in [5.41, 5.74) is 6.52. The van der Waals surface area contributed by atoms with Crippen molar-refractivity contribution >= 4 is 21.8 Å². The molecule has 0 saturated carbocycles. The van der Waals surface area contributed by atoms with E-state index in [0.717, 1.165) is 23.9 Å². The van der Waals surface area contributed by atoms with E-state index in [4.69, 9.17) is 5.73 Å². The lowest BCUT2D eigenvalue weighted by Crippen LogP contribution is -2.15. The molecular formula is C8H12BrN3O. The fourth-order valence-corrected chi connectivity index (χ4v) is 1.41. The summed E-state index contributed by atoms with van der Waals surface area (Å²) in [6.45, 7) is 0. The second kappa shape index (κ2) is 4.41. The monoisotopic (exact) mass is 245 g/mol. The number of aromatic nitrogens is 2. The summed E-state index contributed by atoms with van der Waals surface area (Å²) in [6.07, 6.45) is 1.88. The second-order valence-corrected chi connectivity index (χ2v) is 3.59. The van der Waals surface area contributed by atoms with Crippen molar-refractivity contribution in [1.82, 2.24) is 9.78 Å². The fourth-order valence-electron chi connectivity index (χ4n) is 1.13. The standard InChI is InChI=1S/C8H12BrN3O/c1-12-7(8(10)13)5-6(11-12)3-2-4-9/h5H,2-4H2,1H3,(H2,10,13). The highest BCUT2D eigenvalue weighted by Crippen LogP contribution is 2.05. The van der Waals surface area contributed by atoms with E-state index in [0.29, 0.717) is 5.69 Å². The largest absolute Gasteiger partial charge is 0.364 e. The number of nitrogens with zero attached hydrogens (tertiary/aromatic N) is 2. The second-order valence-electron chi connectivity index (χ2n) is 2.80. The number of halogens is 1. The Morgan fingerprint density at radius 2 is 2.46 bits per heavy atom. The summed E-state index contributed by atoms with van der Waals surface area (Å²) in [7, 11) is 1.72. The number of carbonyl (C=O) groups is 1. The topological polar surface area (TPSA) is 60.9 Å². The predicted octanol–water partition coefficient (Wildman–Crippen LogP) is 0.847. The van der Waals surface area contributed by atoms with Crippen LogP contribution in [0.25, 0.3) is 0 Å². The Balaban J connectivity index is 2.76. The van der Waals surface area contributed by atoms with Crippen LogP contribution in [0.2, 0.25) is 0 Å². The summed E-state index contributed by atoms with van der Waals surface area (Å²) in [6, 6.07) is 1.74. The normalized spacial score (nSPS) is 10.3. The number of hydrogen-bond acceptors (Lipinski definition) is 2. The van der Waals surface area contributed by atoms with Gasteiger partial charge in [-0.2, -0.15) is 5.10 Å². The highest BCUT2D eigenvalue weighted by atomic mass is 79.9. The molecule has 1 aromatic heterocycles. The molecule has 72 valence electrons. The fraction of sp³-hybridized carbons (Fsp3) is 0.500. The Labute approximate surface area is 85.2 Å². The number of hydrogen-bond donors (Lipinski definition) is 1. The minimum absolute atomic E-state index is 0.430. The van der Waals surface area contributed by atoms with Crippen molar-refractivity contribution in [3.8, 4) is 0 Å². The van der Waals surface area contributed by atoms with Crippen molar-refractivity contribution in [2.75, 3.05) is 5.33 Å². The molecule has 1 heterocycles. The first-order valence-corrected chi connectivity index (χ1v) is 5.16. The van der Waals surface area contributed by atoms with Crippen molar-refractivity contribution in [3.63, 3.8) is 0 Å². The smallest absolute Gasteiger partial charge is 0.266 e. The van der Waals surface area contributed by atoms with Gasteiger partial charge in [-0.25, -0.2) is 0 Å². The molecule has 0 atom stereocenters. The minimum Gasteiger partial charge on any atom is -0.364 e. The minimum atomic E-state index is -0.430. The summed E-state index contributed by atoms with van der Waals surface area (Å²) in [5, 5.41) is 5.10. The molecule has 0 radical (unpaired) electrons. The molecule has 0 aromatic carbocycles. The Morgan fingerprint density at radius 1 is 1.77 bits per heavy atom. The maximum absolute atomic E-state index is 10.9. The van der Waals surface area contributed by atoms with Crippen LogP contribution in [0.15, 0.2) is 6.07 Å². The number of aryl methyl sites for hydroxylation is 2. The van der Waals surface area contributed by atoms with Gasteiger partial charge in [0.2, 0.25) is 0 Å². The number of nitrogens with two attached hydrogens (primary N) is 1. The van der Waals surface area contributed by atoms with E-state index in [1.807, 2.05) is 0 Å². The van der Waals surface area contributed by atoms with Crippen LogP contribution in [0.1, 0.15) is 22.6 Å². The van der Waals surface area contributed by atoms with Gasteiger partial charge in [-0.05, 0) is 18.9 Å². The molecule has 4 nitrogen and oxygen atoms in total. The van der Waals surface area contributed by atoms with Gasteiger partial charge in [-0.1, -0.05) is 15.9 Å². The van der Waals surface area contributed by atoms with Gasteiger partial charge in [0.15, 0.2) is 0 Å². The SMILES string of the molecule is Cn1nc(CCCBr)cc1C(N)=O. The lowest BCUT2D eigenvalue weighted by atomic mass is 10.2. The van der Waals surface area contributed by atoms with Gasteiger partial charge in [0.1, 0.15) is 5.69 Å². The summed E-state index contributed by atoms with van der Waals surface area (Å²) < 4.78 is 1.52. The number of primary amides is 1. The Kier molecular flexibility index (Phi) is 3.48. The van der Waals surface area contributed by atoms with Crippen LogP contribution in [0.5, 0.6) is 0 Å². The molecule has 0 unspecified atom stereocenters. The van der Waals surface area contributed by atoms with Gasteiger partial charge in [-0.15, -0.1) is 0 Å². The summed E-state index contributed by atoms with van der Waals surface area (Å²) >= 11 is 3.33. The predicted molar refractivity (Wildman–Crippen MR) is 53.8 cm³/mol. The highest BCUT2D eigenvalue weighted by Gasteiger charge is 2.08. The van der Waals surface area contributed by atoms with E-state index in [1.165, 1.54) is 4.68 Å². The van der Waals surface area contributed by atoms with E-state index in [1.54, 1.807) is 13.1 Å². The number of amides is 1. The Morgan fingerprint density at radius 3 is 2.92 bits per heavy atom. The third-order valence-corrected chi connectivity index (χ3v) is 2.31. The van der Waals surface area contributed by atoms with Crippen LogP contribution in [-0.2, 0) is 13.5 Å². The molecule has 1 rings (SSSR count). The van der Waals surface area contributed by atoms with Gasteiger partial charge in [-0.3, -0.25) is 9.48 Å². The molecule has 0 aliphatic heterocycles. The van der Waals surface area contributed by atoms with Gasteiger partial charge in [0, 0.05) is 12.4 Å². The van der Waals surface area contributed by atoms with Crippen molar-refractivity contribution in [2.45, 2.75) is 12.8 Å². The first-order chi connectivity index (χ1) is 6.15. The molecule has 1 aromatic rings. The highest BCUT2D eigenvalue weighted by molar-refractivity contribution is 9.09. The third kappa shape index (κ3) is 2.55. The molecule has 0 spiro atoms. The molecule has 2 N–H and O–H groups in total.